The Hall–Kier alpha value is -1.37. The van der Waals surface area contributed by atoms with Gasteiger partial charge in [-0.25, -0.2) is 0 Å². The van der Waals surface area contributed by atoms with Crippen molar-refractivity contribution in [2.24, 2.45) is 0 Å². The molecule has 3 N–H and O–H groups in total. The lowest BCUT2D eigenvalue weighted by molar-refractivity contribution is -0.0818. The maximum absolute atomic E-state index is 6.04. The lowest BCUT2D eigenvalue weighted by Gasteiger charge is -2.24. The third-order valence-corrected chi connectivity index (χ3v) is 3.74. The molecule has 5 nitrogen and oxygen atoms in total. The Bertz CT molecular complexity index is 609. The molecule has 1 unspecified atom stereocenters. The zero-order valence-electron chi connectivity index (χ0n) is 10.9. The van der Waals surface area contributed by atoms with Gasteiger partial charge in [0, 0.05) is 16.4 Å². The first-order valence-electron chi connectivity index (χ1n) is 6.51. The quantitative estimate of drug-likeness (QED) is 0.899. The molecule has 1 atom stereocenters. The molecule has 1 aromatic carbocycles. The fraction of sp³-hybridized carbons (Fsp3) is 0.357. The number of fused-ring (bicyclic) bond motifs is 1. The minimum Gasteiger partial charge on any atom is -0.396 e. The van der Waals surface area contributed by atoms with Crippen LogP contribution in [0.3, 0.4) is 0 Å². The lowest BCUT2D eigenvalue weighted by Crippen LogP contribution is -2.34. The average molecular weight is 338 g/mol. The van der Waals surface area contributed by atoms with E-state index < -0.39 is 0 Å². The summed E-state index contributed by atoms with van der Waals surface area (Å²) in [6, 6.07) is 5.94. The number of pyridine rings is 1. The van der Waals surface area contributed by atoms with Gasteiger partial charge >= 0.3 is 0 Å². The number of nitrogens with two attached hydrogens (primary N) is 1. The molecule has 2 aromatic rings. The minimum atomic E-state index is 0.0542. The van der Waals surface area contributed by atoms with Crippen LogP contribution in [0, 0.1) is 0 Å². The highest BCUT2D eigenvalue weighted by Crippen LogP contribution is 2.30. The Morgan fingerprint density at radius 1 is 1.40 bits per heavy atom. The lowest BCUT2D eigenvalue weighted by atomic mass is 10.1. The number of hydrogen-bond donors (Lipinski definition) is 2. The molecule has 3 rings (SSSR count). The van der Waals surface area contributed by atoms with Gasteiger partial charge in [-0.05, 0) is 18.2 Å². The molecule has 2 heterocycles. The van der Waals surface area contributed by atoms with Gasteiger partial charge in [-0.3, -0.25) is 4.98 Å². The molecule has 1 aliphatic heterocycles. The Balaban J connectivity index is 1.85. The number of benzene rings is 1. The zero-order valence-corrected chi connectivity index (χ0v) is 12.5. The van der Waals surface area contributed by atoms with Crippen LogP contribution in [0.15, 0.2) is 28.9 Å². The van der Waals surface area contributed by atoms with Crippen molar-refractivity contribution < 1.29 is 9.47 Å². The van der Waals surface area contributed by atoms with E-state index in [9.17, 15) is 0 Å². The van der Waals surface area contributed by atoms with Crippen LogP contribution in [-0.2, 0) is 9.47 Å². The second-order valence-electron chi connectivity index (χ2n) is 4.70. The minimum absolute atomic E-state index is 0.0542. The topological polar surface area (TPSA) is 69.4 Å². The fourth-order valence-corrected chi connectivity index (χ4v) is 2.61. The summed E-state index contributed by atoms with van der Waals surface area (Å²) in [5, 5.41) is 4.36. The van der Waals surface area contributed by atoms with Gasteiger partial charge in [0.05, 0.1) is 49.0 Å². The van der Waals surface area contributed by atoms with E-state index >= 15 is 0 Å². The molecular formula is C14H16BrN3O2. The zero-order chi connectivity index (χ0) is 13.9. The van der Waals surface area contributed by atoms with Crippen LogP contribution in [-0.4, -0.2) is 37.5 Å². The third kappa shape index (κ3) is 2.87. The van der Waals surface area contributed by atoms with Crippen molar-refractivity contribution in [3.8, 4) is 0 Å². The SMILES string of the molecule is Nc1cnc2ccc(Br)cc2c1NCC1COCCO1. The first-order valence-corrected chi connectivity index (χ1v) is 7.30. The number of rotatable bonds is 3. The van der Waals surface area contributed by atoms with Crippen molar-refractivity contribution in [3.05, 3.63) is 28.9 Å². The van der Waals surface area contributed by atoms with E-state index in [0.717, 1.165) is 21.1 Å². The van der Waals surface area contributed by atoms with Crippen molar-refractivity contribution in [2.75, 3.05) is 37.4 Å². The molecule has 106 valence electrons. The fourth-order valence-electron chi connectivity index (χ4n) is 2.25. The molecular weight excluding hydrogens is 322 g/mol. The van der Waals surface area contributed by atoms with E-state index in [2.05, 4.69) is 26.2 Å². The van der Waals surface area contributed by atoms with Crippen molar-refractivity contribution >= 4 is 38.2 Å². The Kier molecular flexibility index (Phi) is 4.05. The van der Waals surface area contributed by atoms with Gasteiger partial charge < -0.3 is 20.5 Å². The second-order valence-corrected chi connectivity index (χ2v) is 5.61. The maximum Gasteiger partial charge on any atom is 0.0981 e. The number of nitrogens with one attached hydrogen (secondary N) is 1. The van der Waals surface area contributed by atoms with Crippen LogP contribution in [0.4, 0.5) is 11.4 Å². The molecule has 0 aliphatic carbocycles. The van der Waals surface area contributed by atoms with E-state index in [1.165, 1.54) is 0 Å². The highest BCUT2D eigenvalue weighted by atomic mass is 79.9. The summed E-state index contributed by atoms with van der Waals surface area (Å²) >= 11 is 3.48. The summed E-state index contributed by atoms with van der Waals surface area (Å²) in [6.45, 7) is 2.59. The normalized spacial score (nSPS) is 19.1. The molecule has 1 saturated heterocycles. The van der Waals surface area contributed by atoms with Gasteiger partial charge in [0.15, 0.2) is 0 Å². The molecule has 1 aromatic heterocycles. The molecule has 0 amide bonds. The van der Waals surface area contributed by atoms with Crippen LogP contribution < -0.4 is 11.1 Å². The monoisotopic (exact) mass is 337 g/mol. The number of aromatic nitrogens is 1. The van der Waals surface area contributed by atoms with Gasteiger partial charge in [0.1, 0.15) is 0 Å². The first-order chi connectivity index (χ1) is 9.74. The van der Waals surface area contributed by atoms with Crippen LogP contribution in [0.5, 0.6) is 0 Å². The van der Waals surface area contributed by atoms with Gasteiger partial charge in [0.2, 0.25) is 0 Å². The van der Waals surface area contributed by atoms with Crippen LogP contribution in [0.2, 0.25) is 0 Å². The third-order valence-electron chi connectivity index (χ3n) is 3.25. The highest BCUT2D eigenvalue weighted by molar-refractivity contribution is 9.10. The predicted octanol–water partition coefficient (Wildman–Crippen LogP) is 2.41. The second kappa shape index (κ2) is 5.95. The summed E-state index contributed by atoms with van der Waals surface area (Å²) in [4.78, 5) is 4.34. The molecule has 1 fully saturated rings. The summed E-state index contributed by atoms with van der Waals surface area (Å²) in [5.41, 5.74) is 8.47. The van der Waals surface area contributed by atoms with E-state index in [1.54, 1.807) is 6.20 Å². The van der Waals surface area contributed by atoms with Gasteiger partial charge in [-0.2, -0.15) is 0 Å². The summed E-state index contributed by atoms with van der Waals surface area (Å²) in [5.74, 6) is 0. The van der Waals surface area contributed by atoms with Crippen molar-refractivity contribution in [1.29, 1.82) is 0 Å². The largest absolute Gasteiger partial charge is 0.396 e. The number of nitrogens with zero attached hydrogens (tertiary/aromatic N) is 1. The van der Waals surface area contributed by atoms with Gasteiger partial charge in [-0.1, -0.05) is 15.9 Å². The Labute approximate surface area is 125 Å². The van der Waals surface area contributed by atoms with Gasteiger partial charge in [0.25, 0.3) is 0 Å². The number of halogens is 1. The molecule has 0 spiro atoms. The molecule has 0 bridgehead atoms. The number of anilines is 2. The average Bonchev–Trinajstić information content (AvgIpc) is 2.47. The molecule has 0 saturated carbocycles. The smallest absolute Gasteiger partial charge is 0.0981 e. The molecule has 0 radical (unpaired) electrons. The van der Waals surface area contributed by atoms with Crippen LogP contribution in [0.1, 0.15) is 0 Å². The van der Waals surface area contributed by atoms with E-state index in [1.807, 2.05) is 18.2 Å². The van der Waals surface area contributed by atoms with E-state index in [-0.39, 0.29) is 6.10 Å². The predicted molar refractivity (Wildman–Crippen MR) is 82.9 cm³/mol. The standard InChI is InChI=1S/C14H16BrN3O2/c15-9-1-2-13-11(5-9)14(12(16)7-17-13)18-6-10-8-19-3-4-20-10/h1-2,5,7,10H,3-4,6,8,16H2,(H,17,18). The van der Waals surface area contributed by atoms with Crippen molar-refractivity contribution in [2.45, 2.75) is 6.10 Å². The number of hydrogen-bond acceptors (Lipinski definition) is 5. The molecule has 20 heavy (non-hydrogen) atoms. The van der Waals surface area contributed by atoms with Crippen LogP contribution >= 0.6 is 15.9 Å². The van der Waals surface area contributed by atoms with Crippen molar-refractivity contribution in [3.63, 3.8) is 0 Å². The molecule has 6 heteroatoms. The summed E-state index contributed by atoms with van der Waals surface area (Å²) < 4.78 is 12.0. The van der Waals surface area contributed by atoms with E-state index in [0.29, 0.717) is 32.1 Å². The number of ether oxygens (including phenoxy) is 2. The number of nitrogen functional groups attached to an aromatic ring is 1. The maximum atomic E-state index is 6.04. The summed E-state index contributed by atoms with van der Waals surface area (Å²) in [7, 11) is 0. The van der Waals surface area contributed by atoms with Crippen molar-refractivity contribution in [1.82, 2.24) is 4.98 Å². The summed E-state index contributed by atoms with van der Waals surface area (Å²) in [6.07, 6.45) is 1.73. The highest BCUT2D eigenvalue weighted by Gasteiger charge is 2.15. The Morgan fingerprint density at radius 2 is 2.30 bits per heavy atom. The van der Waals surface area contributed by atoms with Crippen LogP contribution in [0.25, 0.3) is 10.9 Å². The van der Waals surface area contributed by atoms with E-state index in [4.69, 9.17) is 15.2 Å². The molecule has 1 aliphatic rings. The first kappa shape index (κ1) is 13.6. The Morgan fingerprint density at radius 3 is 3.10 bits per heavy atom. The van der Waals surface area contributed by atoms with Gasteiger partial charge in [-0.15, -0.1) is 0 Å².